The average molecular weight is 460 g/mol. The van der Waals surface area contributed by atoms with Gasteiger partial charge in [-0.15, -0.1) is 0 Å². The molecule has 32 heavy (non-hydrogen) atoms. The average Bonchev–Trinajstić information content (AvgIpc) is 3.25. The summed E-state index contributed by atoms with van der Waals surface area (Å²) in [6.45, 7) is 7.06. The molecule has 0 bridgehead atoms. The number of carbonyl (C=O) groups excluding carboxylic acids is 2. The summed E-state index contributed by atoms with van der Waals surface area (Å²) in [6, 6.07) is 3.84. The van der Waals surface area contributed by atoms with Gasteiger partial charge in [-0.25, -0.2) is 4.98 Å². The Balaban J connectivity index is 1.50. The number of ether oxygens (including phenoxy) is 1. The zero-order valence-electron chi connectivity index (χ0n) is 19.5. The molecule has 1 aromatic heterocycles. The molecule has 0 atom stereocenters. The van der Waals surface area contributed by atoms with Crippen LogP contribution in [0.15, 0.2) is 18.3 Å². The number of likely N-dealkylation sites (tertiary alicyclic amines) is 1. The molecule has 0 spiro atoms. The number of hydrogen-bond acceptors (Lipinski definition) is 7. The first-order valence-electron chi connectivity index (χ1n) is 10.9. The number of carbonyl (C=O) groups is 2. The molecule has 0 aliphatic carbocycles. The molecule has 0 unspecified atom stereocenters. The highest BCUT2D eigenvalue weighted by Crippen LogP contribution is 2.30. The minimum absolute atomic E-state index is 0.148. The molecule has 174 valence electrons. The predicted octanol–water partition coefficient (Wildman–Crippen LogP) is 3.23. The van der Waals surface area contributed by atoms with Crippen LogP contribution in [0.1, 0.15) is 33.6 Å². The fraction of sp³-hybridized carbons (Fsp3) is 0.522. The third kappa shape index (κ3) is 5.98. The van der Waals surface area contributed by atoms with Crippen molar-refractivity contribution >= 4 is 34.0 Å². The van der Waals surface area contributed by atoms with Gasteiger partial charge >= 0.3 is 0 Å². The Labute approximate surface area is 194 Å². The molecule has 0 radical (unpaired) electrons. The van der Waals surface area contributed by atoms with Crippen molar-refractivity contribution in [3.05, 3.63) is 34.3 Å². The van der Waals surface area contributed by atoms with Gasteiger partial charge in [0, 0.05) is 26.2 Å². The van der Waals surface area contributed by atoms with Gasteiger partial charge in [-0.05, 0) is 57.3 Å². The number of piperidine rings is 1. The number of aromatic nitrogens is 1. The maximum Gasteiger partial charge on any atom is 0.267 e. The van der Waals surface area contributed by atoms with Crippen molar-refractivity contribution in [3.8, 4) is 5.75 Å². The summed E-state index contributed by atoms with van der Waals surface area (Å²) >= 11 is 1.36. The van der Waals surface area contributed by atoms with Gasteiger partial charge in [-0.2, -0.15) is 0 Å². The summed E-state index contributed by atoms with van der Waals surface area (Å²) in [5, 5.41) is 7.14. The van der Waals surface area contributed by atoms with Gasteiger partial charge < -0.3 is 20.3 Å². The molecule has 1 aliphatic heterocycles. The fourth-order valence-corrected chi connectivity index (χ4v) is 4.51. The van der Waals surface area contributed by atoms with Gasteiger partial charge in [0.2, 0.25) is 5.91 Å². The van der Waals surface area contributed by atoms with E-state index in [4.69, 9.17) is 4.74 Å². The van der Waals surface area contributed by atoms with E-state index in [2.05, 4.69) is 20.5 Å². The van der Waals surface area contributed by atoms with Crippen LogP contribution in [0.25, 0.3) is 0 Å². The first kappa shape index (κ1) is 24.0. The van der Waals surface area contributed by atoms with E-state index in [0.717, 1.165) is 60.2 Å². The quantitative estimate of drug-likeness (QED) is 0.630. The summed E-state index contributed by atoms with van der Waals surface area (Å²) in [4.78, 5) is 33.4. The van der Waals surface area contributed by atoms with E-state index in [1.165, 1.54) is 11.3 Å². The molecule has 2 heterocycles. The molecular weight excluding hydrogens is 426 g/mol. The van der Waals surface area contributed by atoms with Gasteiger partial charge in [0.1, 0.15) is 10.6 Å². The summed E-state index contributed by atoms with van der Waals surface area (Å²) < 4.78 is 5.36. The lowest BCUT2D eigenvalue weighted by atomic mass is 9.97. The zero-order chi connectivity index (χ0) is 23.3. The van der Waals surface area contributed by atoms with Crippen molar-refractivity contribution in [2.45, 2.75) is 26.7 Å². The van der Waals surface area contributed by atoms with Gasteiger partial charge in [0.05, 0.1) is 25.5 Å². The van der Waals surface area contributed by atoms with Crippen LogP contribution in [0, 0.1) is 19.8 Å². The summed E-state index contributed by atoms with van der Waals surface area (Å²) in [5.41, 5.74) is 2.66. The lowest BCUT2D eigenvalue weighted by Gasteiger charge is -2.32. The van der Waals surface area contributed by atoms with Crippen LogP contribution in [-0.2, 0) is 4.79 Å². The molecule has 2 amide bonds. The lowest BCUT2D eigenvalue weighted by Crippen LogP contribution is -2.42. The molecule has 3 rings (SSSR count). The second-order valence-electron chi connectivity index (χ2n) is 8.46. The lowest BCUT2D eigenvalue weighted by molar-refractivity contribution is -0.130. The van der Waals surface area contributed by atoms with E-state index in [9.17, 15) is 9.59 Å². The van der Waals surface area contributed by atoms with E-state index in [-0.39, 0.29) is 11.8 Å². The molecule has 9 heteroatoms. The first-order chi connectivity index (χ1) is 15.3. The number of nitrogens with zero attached hydrogens (tertiary/aromatic N) is 3. The van der Waals surface area contributed by atoms with E-state index < -0.39 is 0 Å². The number of benzene rings is 1. The molecular formula is C23H33N5O3S. The van der Waals surface area contributed by atoms with Crippen LogP contribution in [-0.4, -0.2) is 74.0 Å². The van der Waals surface area contributed by atoms with Crippen LogP contribution >= 0.6 is 11.3 Å². The van der Waals surface area contributed by atoms with Crippen LogP contribution in [0.2, 0.25) is 0 Å². The van der Waals surface area contributed by atoms with E-state index in [1.807, 2.05) is 26.0 Å². The van der Waals surface area contributed by atoms with Gasteiger partial charge in [0.25, 0.3) is 5.91 Å². The second kappa shape index (κ2) is 10.8. The Bertz CT molecular complexity index is 951. The van der Waals surface area contributed by atoms with Crippen molar-refractivity contribution in [1.82, 2.24) is 14.8 Å². The zero-order valence-corrected chi connectivity index (χ0v) is 20.3. The second-order valence-corrected chi connectivity index (χ2v) is 9.49. The summed E-state index contributed by atoms with van der Waals surface area (Å²) in [6.07, 6.45) is 3.70. The minimum Gasteiger partial charge on any atom is -0.496 e. The van der Waals surface area contributed by atoms with Crippen molar-refractivity contribution < 1.29 is 14.3 Å². The molecule has 1 fully saturated rings. The van der Waals surface area contributed by atoms with Crippen molar-refractivity contribution in [1.29, 1.82) is 0 Å². The van der Waals surface area contributed by atoms with E-state index >= 15 is 0 Å². The van der Waals surface area contributed by atoms with Crippen LogP contribution in [0.5, 0.6) is 5.75 Å². The highest BCUT2D eigenvalue weighted by atomic mass is 32.1. The number of likely N-dealkylation sites (N-methyl/N-ethyl adjacent to an activating group) is 1. The topological polar surface area (TPSA) is 86.8 Å². The Hall–Kier alpha value is -2.65. The number of hydrogen-bond donors (Lipinski definition) is 2. The standard InChI is InChI=1S/C23H33N5O3S/c1-15-6-7-18(31-5)16(2)21(15)26-22(30)19-13-25-23(32-19)24-12-17-8-10-28(11-9-17)14-20(29)27(3)4/h6-7,13,17H,8-12,14H2,1-5H3,(H,24,25)(H,26,30). The van der Waals surface area contributed by atoms with Crippen molar-refractivity contribution in [3.63, 3.8) is 0 Å². The number of aryl methyl sites for hydroxylation is 1. The molecule has 1 aromatic carbocycles. The number of anilines is 2. The number of thiazole rings is 1. The monoisotopic (exact) mass is 459 g/mol. The van der Waals surface area contributed by atoms with Crippen molar-refractivity contribution in [2.75, 3.05) is 58.0 Å². The molecule has 0 saturated carbocycles. The molecule has 2 N–H and O–H groups in total. The van der Waals surface area contributed by atoms with Gasteiger partial charge in [0.15, 0.2) is 5.13 Å². The van der Waals surface area contributed by atoms with Crippen LogP contribution in [0.3, 0.4) is 0 Å². The SMILES string of the molecule is COc1ccc(C)c(NC(=O)c2cnc(NCC3CCN(CC(=O)N(C)C)CC3)s2)c1C. The van der Waals surface area contributed by atoms with E-state index in [1.54, 1.807) is 32.3 Å². The van der Waals surface area contributed by atoms with E-state index in [0.29, 0.717) is 17.3 Å². The highest BCUT2D eigenvalue weighted by Gasteiger charge is 2.22. The third-order valence-electron chi connectivity index (χ3n) is 5.92. The Morgan fingerprint density at radius 2 is 1.97 bits per heavy atom. The number of methoxy groups -OCH3 is 1. The number of rotatable bonds is 8. The Kier molecular flexibility index (Phi) is 8.09. The minimum atomic E-state index is -0.172. The van der Waals surface area contributed by atoms with Crippen LogP contribution in [0.4, 0.5) is 10.8 Å². The van der Waals surface area contributed by atoms with Crippen molar-refractivity contribution in [2.24, 2.45) is 5.92 Å². The summed E-state index contributed by atoms with van der Waals surface area (Å²) in [5.74, 6) is 1.25. The molecule has 1 saturated heterocycles. The Morgan fingerprint density at radius 3 is 2.62 bits per heavy atom. The predicted molar refractivity (Wildman–Crippen MR) is 129 cm³/mol. The highest BCUT2D eigenvalue weighted by molar-refractivity contribution is 7.17. The maximum atomic E-state index is 12.8. The van der Waals surface area contributed by atoms with Gasteiger partial charge in [-0.1, -0.05) is 17.4 Å². The number of nitrogens with one attached hydrogen (secondary N) is 2. The van der Waals surface area contributed by atoms with Crippen LogP contribution < -0.4 is 15.4 Å². The van der Waals surface area contributed by atoms with Gasteiger partial charge in [-0.3, -0.25) is 14.5 Å². The first-order valence-corrected chi connectivity index (χ1v) is 11.7. The maximum absolute atomic E-state index is 12.8. The third-order valence-corrected chi connectivity index (χ3v) is 6.87. The smallest absolute Gasteiger partial charge is 0.267 e. The fourth-order valence-electron chi connectivity index (χ4n) is 3.79. The molecule has 1 aliphatic rings. The Morgan fingerprint density at radius 1 is 1.25 bits per heavy atom. The largest absolute Gasteiger partial charge is 0.496 e. The summed E-state index contributed by atoms with van der Waals surface area (Å²) in [7, 11) is 5.21. The number of amides is 2. The molecule has 8 nitrogen and oxygen atoms in total. The molecule has 2 aromatic rings. The normalized spacial score (nSPS) is 14.8.